The van der Waals surface area contributed by atoms with Crippen LogP contribution in [0.25, 0.3) is 0 Å². The lowest BCUT2D eigenvalue weighted by Crippen LogP contribution is -2.53. The number of nitrogens with zero attached hydrogens (tertiary/aromatic N) is 2. The number of piperazine rings is 1. The Kier molecular flexibility index (Phi) is 8.40. The summed E-state index contributed by atoms with van der Waals surface area (Å²) in [6.45, 7) is 1.68. The molecule has 1 fully saturated rings. The summed E-state index contributed by atoms with van der Waals surface area (Å²) in [5, 5.41) is 2.92. The van der Waals surface area contributed by atoms with Crippen molar-refractivity contribution in [1.29, 1.82) is 0 Å². The summed E-state index contributed by atoms with van der Waals surface area (Å²) in [4.78, 5) is 14.3. The van der Waals surface area contributed by atoms with Gasteiger partial charge in [-0.1, -0.05) is 12.1 Å². The molecule has 0 unspecified atom stereocenters. The molecule has 1 heterocycles. The predicted octanol–water partition coefficient (Wildman–Crippen LogP) is 2.36. The molecule has 2 aromatic rings. The van der Waals surface area contributed by atoms with Crippen molar-refractivity contribution in [3.8, 4) is 17.2 Å². The van der Waals surface area contributed by atoms with Crippen molar-refractivity contribution in [3.05, 3.63) is 48.0 Å². The highest BCUT2D eigenvalue weighted by molar-refractivity contribution is 7.89. The monoisotopic (exact) mass is 477 g/mol. The van der Waals surface area contributed by atoms with Gasteiger partial charge in [0.2, 0.25) is 10.0 Å². The van der Waals surface area contributed by atoms with E-state index in [1.807, 2.05) is 24.3 Å². The van der Waals surface area contributed by atoms with Crippen LogP contribution in [-0.4, -0.2) is 77.7 Å². The topological polar surface area (TPSA) is 97.4 Å². The molecule has 0 atom stereocenters. The Labute approximate surface area is 195 Å². The van der Waals surface area contributed by atoms with Gasteiger partial charge in [-0.15, -0.1) is 0 Å². The molecule has 2 aromatic carbocycles. The Bertz CT molecular complexity index is 1030. The highest BCUT2D eigenvalue weighted by Gasteiger charge is 2.30. The van der Waals surface area contributed by atoms with Crippen molar-refractivity contribution in [1.82, 2.24) is 14.5 Å². The van der Waals surface area contributed by atoms with Gasteiger partial charge in [0, 0.05) is 38.8 Å². The molecule has 10 heteroatoms. The smallest absolute Gasteiger partial charge is 0.317 e. The van der Waals surface area contributed by atoms with E-state index < -0.39 is 10.0 Å². The van der Waals surface area contributed by atoms with E-state index in [4.69, 9.17) is 14.2 Å². The maximum atomic E-state index is 13.0. The number of hydrogen-bond donors (Lipinski definition) is 1. The van der Waals surface area contributed by atoms with E-state index in [9.17, 15) is 13.2 Å². The first-order valence-corrected chi connectivity index (χ1v) is 12.2. The summed E-state index contributed by atoms with van der Waals surface area (Å²) < 4.78 is 43.0. The van der Waals surface area contributed by atoms with Crippen molar-refractivity contribution >= 4 is 16.1 Å². The van der Waals surface area contributed by atoms with Crippen molar-refractivity contribution in [3.63, 3.8) is 0 Å². The highest BCUT2D eigenvalue weighted by atomic mass is 32.2. The molecule has 1 aliphatic heterocycles. The van der Waals surface area contributed by atoms with Crippen LogP contribution in [0.15, 0.2) is 47.4 Å². The number of aryl methyl sites for hydroxylation is 1. The fourth-order valence-electron chi connectivity index (χ4n) is 3.65. The second kappa shape index (κ2) is 11.2. The molecule has 1 saturated heterocycles. The second-order valence-corrected chi connectivity index (χ2v) is 9.53. The van der Waals surface area contributed by atoms with Crippen LogP contribution in [-0.2, 0) is 16.4 Å². The van der Waals surface area contributed by atoms with Gasteiger partial charge in [-0.3, -0.25) is 0 Å². The molecule has 0 radical (unpaired) electrons. The number of urea groups is 1. The maximum absolute atomic E-state index is 13.0. The molecular weight excluding hydrogens is 446 g/mol. The van der Waals surface area contributed by atoms with Crippen LogP contribution in [0, 0.1) is 0 Å². The summed E-state index contributed by atoms with van der Waals surface area (Å²) in [5.74, 6) is 1.63. The van der Waals surface area contributed by atoms with E-state index in [2.05, 4.69) is 5.32 Å². The van der Waals surface area contributed by atoms with Crippen molar-refractivity contribution in [2.45, 2.75) is 17.7 Å². The number of nitrogens with one attached hydrogen (secondary N) is 1. The number of amides is 2. The van der Waals surface area contributed by atoms with Crippen LogP contribution in [0.4, 0.5) is 4.79 Å². The molecule has 0 spiro atoms. The minimum Gasteiger partial charge on any atom is -0.497 e. The van der Waals surface area contributed by atoms with Crippen molar-refractivity contribution in [2.75, 3.05) is 54.1 Å². The van der Waals surface area contributed by atoms with Crippen molar-refractivity contribution < 1.29 is 27.4 Å². The largest absolute Gasteiger partial charge is 0.497 e. The predicted molar refractivity (Wildman–Crippen MR) is 125 cm³/mol. The number of sulfonamides is 1. The van der Waals surface area contributed by atoms with E-state index in [1.165, 1.54) is 36.2 Å². The maximum Gasteiger partial charge on any atom is 0.317 e. The molecular formula is C23H31N3O6S. The van der Waals surface area contributed by atoms with Crippen molar-refractivity contribution in [2.24, 2.45) is 0 Å². The first kappa shape index (κ1) is 24.7. The summed E-state index contributed by atoms with van der Waals surface area (Å²) in [7, 11) is 0.896. The SMILES string of the molecule is COc1ccc(CCCNC(=O)N2CCN(S(=O)(=O)c3ccc(OC)c(OC)c3)CC2)cc1. The molecule has 180 valence electrons. The quantitative estimate of drug-likeness (QED) is 0.557. The van der Waals surface area contributed by atoms with E-state index in [0.29, 0.717) is 31.1 Å². The van der Waals surface area contributed by atoms with Gasteiger partial charge in [0.25, 0.3) is 0 Å². The van der Waals surface area contributed by atoms with Crippen LogP contribution >= 0.6 is 0 Å². The fraction of sp³-hybridized carbons (Fsp3) is 0.435. The summed E-state index contributed by atoms with van der Waals surface area (Å²) in [6, 6.07) is 12.2. The van der Waals surface area contributed by atoms with E-state index >= 15 is 0 Å². The zero-order valence-corrected chi connectivity index (χ0v) is 20.1. The lowest BCUT2D eigenvalue weighted by atomic mass is 10.1. The van der Waals surface area contributed by atoms with Gasteiger partial charge in [-0.25, -0.2) is 13.2 Å². The Morgan fingerprint density at radius 2 is 1.58 bits per heavy atom. The van der Waals surface area contributed by atoms with Crippen LogP contribution in [0.2, 0.25) is 0 Å². The third kappa shape index (κ3) is 6.08. The normalized spacial score (nSPS) is 14.6. The van der Waals surface area contributed by atoms with Gasteiger partial charge in [0.15, 0.2) is 11.5 Å². The van der Waals surface area contributed by atoms with Crippen LogP contribution in [0.1, 0.15) is 12.0 Å². The number of rotatable bonds is 9. The Hall–Kier alpha value is -2.98. The van der Waals surface area contributed by atoms with E-state index in [0.717, 1.165) is 18.6 Å². The molecule has 3 rings (SSSR count). The van der Waals surface area contributed by atoms with E-state index in [1.54, 1.807) is 18.1 Å². The summed E-state index contributed by atoms with van der Waals surface area (Å²) in [6.07, 6.45) is 1.66. The zero-order chi connectivity index (χ0) is 23.8. The third-order valence-electron chi connectivity index (χ3n) is 5.60. The Morgan fingerprint density at radius 3 is 2.18 bits per heavy atom. The third-order valence-corrected chi connectivity index (χ3v) is 7.49. The minimum atomic E-state index is -3.69. The molecule has 33 heavy (non-hydrogen) atoms. The molecule has 2 amide bonds. The molecule has 1 N–H and O–H groups in total. The first-order chi connectivity index (χ1) is 15.9. The van der Waals surface area contributed by atoms with Gasteiger partial charge in [-0.2, -0.15) is 4.31 Å². The van der Waals surface area contributed by atoms with Gasteiger partial charge in [0.05, 0.1) is 26.2 Å². The number of ether oxygens (including phenoxy) is 3. The second-order valence-electron chi connectivity index (χ2n) is 7.59. The Morgan fingerprint density at radius 1 is 0.909 bits per heavy atom. The van der Waals surface area contributed by atoms with Gasteiger partial charge < -0.3 is 24.4 Å². The zero-order valence-electron chi connectivity index (χ0n) is 19.2. The average molecular weight is 478 g/mol. The summed E-state index contributed by atoms with van der Waals surface area (Å²) >= 11 is 0. The van der Waals surface area contributed by atoms with Gasteiger partial charge in [-0.05, 0) is 42.7 Å². The number of benzene rings is 2. The Balaban J connectivity index is 1.47. The standard InChI is InChI=1S/C23H31N3O6S/c1-30-19-8-6-18(7-9-19)5-4-12-24-23(27)25-13-15-26(16-14-25)33(28,29)20-10-11-21(31-2)22(17-20)32-3/h6-11,17H,4-5,12-16H2,1-3H3,(H,24,27). The van der Waals surface area contributed by atoms with Crippen LogP contribution in [0.3, 0.4) is 0 Å². The molecule has 0 aromatic heterocycles. The molecule has 0 bridgehead atoms. The average Bonchev–Trinajstić information content (AvgIpc) is 2.86. The molecule has 0 saturated carbocycles. The van der Waals surface area contributed by atoms with E-state index in [-0.39, 0.29) is 24.0 Å². The number of hydrogen-bond acceptors (Lipinski definition) is 6. The highest BCUT2D eigenvalue weighted by Crippen LogP contribution is 2.30. The van der Waals surface area contributed by atoms with Gasteiger partial charge in [0.1, 0.15) is 5.75 Å². The molecule has 1 aliphatic rings. The molecule has 0 aliphatic carbocycles. The lowest BCUT2D eigenvalue weighted by Gasteiger charge is -2.34. The number of methoxy groups -OCH3 is 3. The van der Waals surface area contributed by atoms with Gasteiger partial charge >= 0.3 is 6.03 Å². The number of carbonyl (C=O) groups is 1. The molecule has 9 nitrogen and oxygen atoms in total. The lowest BCUT2D eigenvalue weighted by molar-refractivity contribution is 0.172. The minimum absolute atomic E-state index is 0.136. The number of carbonyl (C=O) groups excluding carboxylic acids is 1. The fourth-order valence-corrected chi connectivity index (χ4v) is 5.09. The summed E-state index contributed by atoms with van der Waals surface area (Å²) in [5.41, 5.74) is 1.18. The first-order valence-electron chi connectivity index (χ1n) is 10.8. The van der Waals surface area contributed by atoms with Crippen LogP contribution < -0.4 is 19.5 Å². The van der Waals surface area contributed by atoms with Crippen LogP contribution in [0.5, 0.6) is 17.2 Å².